The first-order valence-electron chi connectivity index (χ1n) is 11.6. The van der Waals surface area contributed by atoms with Gasteiger partial charge in [0.15, 0.2) is 0 Å². The topological polar surface area (TPSA) is 173 Å². The Labute approximate surface area is 229 Å². The second kappa shape index (κ2) is 10.3. The van der Waals surface area contributed by atoms with Crippen LogP contribution in [0.25, 0.3) is 23.0 Å². The Balaban J connectivity index is 1.55. The molecule has 1 aliphatic heterocycles. The number of non-ortho nitro benzene ring substituents is 2. The number of imide groups is 1. The number of hydrogen-bond donors (Lipinski definition) is 2. The Morgan fingerprint density at radius 2 is 1.55 bits per heavy atom. The van der Waals surface area contributed by atoms with Gasteiger partial charge in [-0.25, -0.2) is 9.48 Å². The second-order valence-electron chi connectivity index (χ2n) is 8.63. The van der Waals surface area contributed by atoms with E-state index in [1.54, 1.807) is 30.3 Å². The molecule has 1 saturated heterocycles. The van der Waals surface area contributed by atoms with Crippen molar-refractivity contribution in [1.29, 1.82) is 0 Å². The maximum Gasteiger partial charge on any atom is 0.329 e. The summed E-state index contributed by atoms with van der Waals surface area (Å²) in [5.74, 6) is -0.735. The molecule has 2 N–H and O–H groups in total. The summed E-state index contributed by atoms with van der Waals surface area (Å²) in [5.41, 5.74) is 0.404. The third kappa shape index (κ3) is 4.96. The summed E-state index contributed by atoms with van der Waals surface area (Å²) in [6.45, 7) is -0.228. The highest BCUT2D eigenvalue weighted by Gasteiger charge is 2.34. The van der Waals surface area contributed by atoms with Gasteiger partial charge in [0.1, 0.15) is 5.70 Å². The fourth-order valence-corrected chi connectivity index (χ4v) is 4.26. The minimum absolute atomic E-state index is 0.0292. The molecule has 200 valence electrons. The third-order valence-electron chi connectivity index (χ3n) is 6.09. The Bertz CT molecular complexity index is 1770. The van der Waals surface area contributed by atoms with Crippen LogP contribution >= 0.6 is 11.6 Å². The molecular formula is C26H17ClN6O7. The van der Waals surface area contributed by atoms with Crippen molar-refractivity contribution in [2.45, 2.75) is 6.54 Å². The van der Waals surface area contributed by atoms with Crippen LogP contribution in [0.15, 0.2) is 83.3 Å². The predicted octanol–water partition coefficient (Wildman–Crippen LogP) is 4.40. The first-order valence-corrected chi connectivity index (χ1v) is 11.9. The Kier molecular flexibility index (Phi) is 6.71. The van der Waals surface area contributed by atoms with Gasteiger partial charge in [0.25, 0.3) is 22.8 Å². The summed E-state index contributed by atoms with van der Waals surface area (Å²) in [6, 6.07) is 16.6. The molecule has 0 atom stereocenters. The molecule has 13 nitrogen and oxygen atoms in total. The van der Waals surface area contributed by atoms with Gasteiger partial charge in [-0.3, -0.25) is 39.8 Å². The van der Waals surface area contributed by atoms with Crippen LogP contribution in [-0.2, 0) is 11.3 Å². The number of carbonyl (C=O) groups is 2. The molecule has 0 aliphatic carbocycles. The standard InChI is InChI=1S/C26H17ClN6O7/c27-17-6-4-16(5-7-17)23-21(24(34)31(29-23)18-8-10-19(11-9-18)32(37)38)13-22-25(35)30(26(36)28-22)14-15-2-1-3-20(12-15)33(39)40/h1-13,29H,14H2,(H,28,36)/b22-13-. The van der Waals surface area contributed by atoms with E-state index >= 15 is 0 Å². The van der Waals surface area contributed by atoms with Gasteiger partial charge in [-0.1, -0.05) is 35.9 Å². The Morgan fingerprint density at radius 3 is 2.20 bits per heavy atom. The number of H-pyrrole nitrogens is 1. The maximum absolute atomic E-state index is 13.5. The maximum atomic E-state index is 13.5. The number of nitro benzene ring substituents is 2. The van der Waals surface area contributed by atoms with Crippen LogP contribution in [-0.4, -0.2) is 36.5 Å². The lowest BCUT2D eigenvalue weighted by atomic mass is 10.1. The highest BCUT2D eigenvalue weighted by Crippen LogP contribution is 2.26. The summed E-state index contributed by atoms with van der Waals surface area (Å²) in [7, 11) is 0. The lowest BCUT2D eigenvalue weighted by Crippen LogP contribution is -2.30. The molecule has 1 aromatic heterocycles. The number of aromatic nitrogens is 2. The van der Waals surface area contributed by atoms with Crippen molar-refractivity contribution in [3.63, 3.8) is 0 Å². The highest BCUT2D eigenvalue weighted by molar-refractivity contribution is 6.30. The molecule has 3 amide bonds. The molecule has 2 heterocycles. The quantitative estimate of drug-likeness (QED) is 0.146. The van der Waals surface area contributed by atoms with Crippen LogP contribution in [0.3, 0.4) is 0 Å². The van der Waals surface area contributed by atoms with Crippen LogP contribution in [0.5, 0.6) is 0 Å². The van der Waals surface area contributed by atoms with Gasteiger partial charge in [0, 0.05) is 34.9 Å². The number of carbonyl (C=O) groups excluding carboxylic acids is 2. The van der Waals surface area contributed by atoms with Crippen molar-refractivity contribution >= 4 is 41.0 Å². The van der Waals surface area contributed by atoms with E-state index in [4.69, 9.17) is 11.6 Å². The van der Waals surface area contributed by atoms with Gasteiger partial charge < -0.3 is 5.32 Å². The van der Waals surface area contributed by atoms with E-state index in [-0.39, 0.29) is 29.2 Å². The zero-order chi connectivity index (χ0) is 28.6. The molecule has 0 radical (unpaired) electrons. The number of benzene rings is 3. The summed E-state index contributed by atoms with van der Waals surface area (Å²) < 4.78 is 1.15. The number of nitrogens with one attached hydrogen (secondary N) is 2. The number of hydrogen-bond acceptors (Lipinski definition) is 7. The molecule has 40 heavy (non-hydrogen) atoms. The van der Waals surface area contributed by atoms with Crippen molar-refractivity contribution in [1.82, 2.24) is 20.0 Å². The zero-order valence-corrected chi connectivity index (χ0v) is 21.0. The van der Waals surface area contributed by atoms with Crippen LogP contribution in [0, 0.1) is 20.2 Å². The van der Waals surface area contributed by atoms with Crippen LogP contribution in [0.2, 0.25) is 5.02 Å². The Hall–Kier alpha value is -5.56. The molecular weight excluding hydrogens is 544 g/mol. The fraction of sp³-hybridized carbons (Fsp3) is 0.0385. The van der Waals surface area contributed by atoms with Gasteiger partial charge in [-0.05, 0) is 35.9 Å². The number of halogens is 1. The molecule has 3 aromatic carbocycles. The van der Waals surface area contributed by atoms with Gasteiger partial charge >= 0.3 is 6.03 Å². The number of urea groups is 1. The zero-order valence-electron chi connectivity index (χ0n) is 20.2. The SMILES string of the molecule is O=C1N/C(=C\c2c(-c3ccc(Cl)cc3)[nH]n(-c3ccc([N+](=O)[O-])cc3)c2=O)C(=O)N1Cc1cccc([N+](=O)[O-])c1. The minimum atomic E-state index is -0.762. The monoisotopic (exact) mass is 560 g/mol. The molecule has 5 rings (SSSR count). The van der Waals surface area contributed by atoms with Crippen molar-refractivity contribution in [3.8, 4) is 16.9 Å². The molecule has 14 heteroatoms. The number of rotatable bonds is 7. The van der Waals surface area contributed by atoms with E-state index in [2.05, 4.69) is 10.4 Å². The van der Waals surface area contributed by atoms with E-state index in [1.807, 2.05) is 0 Å². The third-order valence-corrected chi connectivity index (χ3v) is 6.34. The van der Waals surface area contributed by atoms with Gasteiger partial charge in [0.05, 0.1) is 33.3 Å². The number of nitro groups is 2. The largest absolute Gasteiger partial charge is 0.329 e. The van der Waals surface area contributed by atoms with E-state index in [9.17, 15) is 34.6 Å². The average Bonchev–Trinajstić information content (AvgIpc) is 3.40. The first kappa shape index (κ1) is 26.1. The number of aromatic amines is 1. The summed E-state index contributed by atoms with van der Waals surface area (Å²) >= 11 is 6.01. The molecule has 0 saturated carbocycles. The highest BCUT2D eigenvalue weighted by atomic mass is 35.5. The van der Waals surface area contributed by atoms with Crippen molar-refractivity contribution in [3.05, 3.63) is 125 Å². The van der Waals surface area contributed by atoms with Crippen LogP contribution in [0.4, 0.5) is 16.2 Å². The number of nitrogens with zero attached hydrogens (tertiary/aromatic N) is 4. The van der Waals surface area contributed by atoms with Crippen molar-refractivity contribution in [2.24, 2.45) is 0 Å². The molecule has 0 spiro atoms. The number of amides is 3. The van der Waals surface area contributed by atoms with Gasteiger partial charge in [-0.2, -0.15) is 0 Å². The molecule has 0 unspecified atom stereocenters. The van der Waals surface area contributed by atoms with E-state index in [1.165, 1.54) is 48.5 Å². The van der Waals surface area contributed by atoms with Gasteiger partial charge in [-0.15, -0.1) is 0 Å². The molecule has 4 aromatic rings. The molecule has 0 bridgehead atoms. The second-order valence-corrected chi connectivity index (χ2v) is 9.06. The fourth-order valence-electron chi connectivity index (χ4n) is 4.14. The smallest absolute Gasteiger partial charge is 0.303 e. The van der Waals surface area contributed by atoms with E-state index in [0.29, 0.717) is 27.5 Å². The van der Waals surface area contributed by atoms with E-state index < -0.39 is 27.3 Å². The van der Waals surface area contributed by atoms with Crippen LogP contribution in [0.1, 0.15) is 11.1 Å². The molecule has 1 aliphatic rings. The Morgan fingerprint density at radius 1 is 0.875 bits per heavy atom. The van der Waals surface area contributed by atoms with Crippen molar-refractivity contribution < 1.29 is 19.4 Å². The van der Waals surface area contributed by atoms with Crippen molar-refractivity contribution in [2.75, 3.05) is 0 Å². The van der Waals surface area contributed by atoms with Crippen LogP contribution < -0.4 is 10.9 Å². The summed E-state index contributed by atoms with van der Waals surface area (Å²) in [4.78, 5) is 61.2. The normalized spacial score (nSPS) is 14.0. The lowest BCUT2D eigenvalue weighted by Gasteiger charge is -2.11. The first-order chi connectivity index (χ1) is 19.1. The predicted molar refractivity (Wildman–Crippen MR) is 144 cm³/mol. The van der Waals surface area contributed by atoms with E-state index in [0.717, 1.165) is 9.58 Å². The lowest BCUT2D eigenvalue weighted by molar-refractivity contribution is -0.385. The van der Waals surface area contributed by atoms with Gasteiger partial charge in [0.2, 0.25) is 0 Å². The minimum Gasteiger partial charge on any atom is -0.303 e. The summed E-state index contributed by atoms with van der Waals surface area (Å²) in [5, 5.41) is 28.0. The molecule has 1 fully saturated rings. The summed E-state index contributed by atoms with van der Waals surface area (Å²) in [6.07, 6.45) is 1.23. The average molecular weight is 561 g/mol.